The molecule has 0 aliphatic heterocycles. The molecule has 2 rings (SSSR count). The van der Waals surface area contributed by atoms with E-state index in [9.17, 15) is 8.42 Å². The summed E-state index contributed by atoms with van der Waals surface area (Å²) < 4.78 is 33.7. The maximum atomic E-state index is 12.2. The van der Waals surface area contributed by atoms with Crippen LogP contribution in [0.2, 0.25) is 0 Å². The number of anilines is 1. The molecule has 0 aliphatic rings. The molecular formula is C13H19N3O3S. The van der Waals surface area contributed by atoms with Crippen LogP contribution in [0.1, 0.15) is 13.8 Å². The van der Waals surface area contributed by atoms with Crippen molar-refractivity contribution >= 4 is 21.4 Å². The first kappa shape index (κ1) is 14.8. The van der Waals surface area contributed by atoms with E-state index in [4.69, 9.17) is 4.74 Å². The summed E-state index contributed by atoms with van der Waals surface area (Å²) in [4.78, 5) is 0. The van der Waals surface area contributed by atoms with Crippen molar-refractivity contribution in [3.8, 4) is 0 Å². The zero-order valence-electron chi connectivity index (χ0n) is 11.8. The average molecular weight is 297 g/mol. The smallest absolute Gasteiger partial charge is 0.236 e. The van der Waals surface area contributed by atoms with Crippen LogP contribution in [-0.4, -0.2) is 37.0 Å². The lowest BCUT2D eigenvalue weighted by atomic mass is 10.1. The highest BCUT2D eigenvalue weighted by molar-refractivity contribution is 7.92. The van der Waals surface area contributed by atoms with Crippen LogP contribution in [-0.2, 0) is 14.8 Å². The van der Waals surface area contributed by atoms with Gasteiger partial charge in [-0.05, 0) is 24.1 Å². The maximum absolute atomic E-state index is 12.2. The summed E-state index contributed by atoms with van der Waals surface area (Å²) in [5.74, 6) is 0.460. The summed E-state index contributed by atoms with van der Waals surface area (Å²) in [7, 11) is -1.97. The van der Waals surface area contributed by atoms with Gasteiger partial charge in [-0.1, -0.05) is 19.9 Å². The first-order valence-electron chi connectivity index (χ1n) is 6.39. The summed E-state index contributed by atoms with van der Waals surface area (Å²) in [5, 5.41) is 4.10. The number of ether oxygens (including phenoxy) is 1. The van der Waals surface area contributed by atoms with Gasteiger partial charge in [-0.25, -0.2) is 12.9 Å². The molecule has 0 fully saturated rings. The predicted octanol–water partition coefficient (Wildman–Crippen LogP) is 1.75. The molecule has 0 spiro atoms. The molecule has 0 saturated carbocycles. The first-order chi connectivity index (χ1) is 9.43. The van der Waals surface area contributed by atoms with Gasteiger partial charge in [0, 0.05) is 7.11 Å². The van der Waals surface area contributed by atoms with Gasteiger partial charge in [0.1, 0.15) is 5.82 Å². The minimum Gasteiger partial charge on any atom is -0.380 e. The van der Waals surface area contributed by atoms with Gasteiger partial charge in [0.25, 0.3) is 0 Å². The number of aromatic nitrogens is 2. The second-order valence-electron chi connectivity index (χ2n) is 4.98. The first-order valence-corrected chi connectivity index (χ1v) is 8.04. The Balaban J connectivity index is 2.22. The zero-order chi connectivity index (χ0) is 14.8. The summed E-state index contributed by atoms with van der Waals surface area (Å²) in [6.07, 6.45) is 1.28. The number of pyridine rings is 1. The lowest BCUT2D eigenvalue weighted by Crippen LogP contribution is -2.31. The predicted molar refractivity (Wildman–Crippen MR) is 78.2 cm³/mol. The third-order valence-corrected chi connectivity index (χ3v) is 4.40. The van der Waals surface area contributed by atoms with Gasteiger partial charge in [0.2, 0.25) is 10.0 Å². The maximum Gasteiger partial charge on any atom is 0.236 e. The van der Waals surface area contributed by atoms with E-state index in [-0.39, 0.29) is 17.8 Å². The Morgan fingerprint density at radius 3 is 2.75 bits per heavy atom. The van der Waals surface area contributed by atoms with E-state index in [1.807, 2.05) is 26.0 Å². The van der Waals surface area contributed by atoms with Crippen LogP contribution in [0.3, 0.4) is 0 Å². The molecule has 20 heavy (non-hydrogen) atoms. The molecule has 2 aromatic heterocycles. The van der Waals surface area contributed by atoms with Gasteiger partial charge in [-0.2, -0.15) is 5.10 Å². The molecule has 6 nitrogen and oxygen atoms in total. The number of hydrogen-bond donors (Lipinski definition) is 1. The second kappa shape index (κ2) is 5.80. The van der Waals surface area contributed by atoms with Gasteiger partial charge in [-0.15, -0.1) is 0 Å². The quantitative estimate of drug-likeness (QED) is 0.881. The number of fused-ring (bicyclic) bond motifs is 1. The fraction of sp³-hybridized carbons (Fsp3) is 0.462. The van der Waals surface area contributed by atoms with Crippen molar-refractivity contribution in [1.82, 2.24) is 9.61 Å². The van der Waals surface area contributed by atoms with Crippen LogP contribution in [0.4, 0.5) is 5.82 Å². The normalized spacial score (nSPS) is 13.8. The molecule has 2 heterocycles. The van der Waals surface area contributed by atoms with Gasteiger partial charge in [0.05, 0.1) is 23.6 Å². The Kier molecular flexibility index (Phi) is 4.29. The number of hydrogen-bond acceptors (Lipinski definition) is 4. The van der Waals surface area contributed by atoms with Crippen LogP contribution < -0.4 is 4.72 Å². The summed E-state index contributed by atoms with van der Waals surface area (Å²) in [6, 6.07) is 7.13. The van der Waals surface area contributed by atoms with Crippen LogP contribution >= 0.6 is 0 Å². The molecule has 0 radical (unpaired) electrons. The number of rotatable bonds is 6. The molecule has 7 heteroatoms. The standard InChI is InChI=1S/C13H19N3O3S/c1-10(2)12(19-3)9-20(17,18)15-13-6-4-5-11-7-8-14-16(11)13/h4-8,10,12,15H,9H2,1-3H3. The van der Waals surface area contributed by atoms with Gasteiger partial charge >= 0.3 is 0 Å². The SMILES string of the molecule is COC(CS(=O)(=O)Nc1cccc2ccnn12)C(C)C. The van der Waals surface area contributed by atoms with Crippen molar-refractivity contribution in [2.45, 2.75) is 20.0 Å². The van der Waals surface area contributed by atoms with Crippen molar-refractivity contribution < 1.29 is 13.2 Å². The average Bonchev–Trinajstić information content (AvgIpc) is 2.84. The molecule has 0 amide bonds. The minimum atomic E-state index is -3.50. The van der Waals surface area contributed by atoms with Crippen molar-refractivity contribution in [3.63, 3.8) is 0 Å². The molecule has 0 aliphatic carbocycles. The van der Waals surface area contributed by atoms with Gasteiger partial charge in [-0.3, -0.25) is 4.72 Å². The molecule has 0 saturated heterocycles. The molecule has 110 valence electrons. The van der Waals surface area contributed by atoms with Gasteiger partial charge in [0.15, 0.2) is 0 Å². The van der Waals surface area contributed by atoms with Crippen LogP contribution in [0.25, 0.3) is 5.52 Å². The van der Waals surface area contributed by atoms with Crippen molar-refractivity contribution in [3.05, 3.63) is 30.5 Å². The van der Waals surface area contributed by atoms with E-state index >= 15 is 0 Å². The molecule has 1 atom stereocenters. The summed E-state index contributed by atoms with van der Waals surface area (Å²) in [6.45, 7) is 3.86. The highest BCUT2D eigenvalue weighted by atomic mass is 32.2. The highest BCUT2D eigenvalue weighted by Gasteiger charge is 2.22. The van der Waals surface area contributed by atoms with Crippen molar-refractivity contribution in [1.29, 1.82) is 0 Å². The third kappa shape index (κ3) is 3.29. The molecule has 1 N–H and O–H groups in total. The topological polar surface area (TPSA) is 72.7 Å². The molecule has 2 aromatic rings. The second-order valence-corrected chi connectivity index (χ2v) is 6.75. The van der Waals surface area contributed by atoms with E-state index in [2.05, 4.69) is 9.82 Å². The van der Waals surface area contributed by atoms with E-state index < -0.39 is 10.0 Å². The van der Waals surface area contributed by atoms with Gasteiger partial charge < -0.3 is 4.74 Å². The van der Waals surface area contributed by atoms with Crippen molar-refractivity contribution in [2.24, 2.45) is 5.92 Å². The van der Waals surface area contributed by atoms with E-state index in [1.165, 1.54) is 7.11 Å². The van der Waals surface area contributed by atoms with Crippen molar-refractivity contribution in [2.75, 3.05) is 17.6 Å². The number of nitrogens with zero attached hydrogens (tertiary/aromatic N) is 2. The Bertz CT molecular complexity index is 679. The number of sulfonamides is 1. The fourth-order valence-corrected chi connectivity index (χ4v) is 3.49. The monoisotopic (exact) mass is 297 g/mol. The van der Waals surface area contributed by atoms with E-state index in [1.54, 1.807) is 22.8 Å². The Labute approximate surface area is 118 Å². The molecule has 0 bridgehead atoms. The molecule has 0 aromatic carbocycles. The highest BCUT2D eigenvalue weighted by Crippen LogP contribution is 2.15. The fourth-order valence-electron chi connectivity index (χ4n) is 1.98. The van der Waals surface area contributed by atoms with Crippen LogP contribution in [0, 0.1) is 5.92 Å². The molecule has 1 unspecified atom stereocenters. The van der Waals surface area contributed by atoms with E-state index in [0.29, 0.717) is 5.82 Å². The van der Waals surface area contributed by atoms with Crippen LogP contribution in [0.5, 0.6) is 0 Å². The Hall–Kier alpha value is -1.60. The lowest BCUT2D eigenvalue weighted by molar-refractivity contribution is 0.0829. The number of nitrogens with one attached hydrogen (secondary N) is 1. The third-order valence-electron chi connectivity index (χ3n) is 3.11. The minimum absolute atomic E-state index is 0.0845. The Morgan fingerprint density at radius 2 is 2.10 bits per heavy atom. The van der Waals surface area contributed by atoms with E-state index in [0.717, 1.165) is 5.52 Å². The Morgan fingerprint density at radius 1 is 1.35 bits per heavy atom. The zero-order valence-corrected chi connectivity index (χ0v) is 12.6. The largest absolute Gasteiger partial charge is 0.380 e. The number of methoxy groups -OCH3 is 1. The lowest BCUT2D eigenvalue weighted by Gasteiger charge is -2.19. The molecular weight excluding hydrogens is 278 g/mol. The summed E-state index contributed by atoms with van der Waals surface area (Å²) >= 11 is 0. The summed E-state index contributed by atoms with van der Waals surface area (Å²) in [5.41, 5.74) is 0.831. The van der Waals surface area contributed by atoms with Crippen LogP contribution in [0.15, 0.2) is 30.5 Å².